The third kappa shape index (κ3) is 6.68. The van der Waals surface area contributed by atoms with Crippen LogP contribution in [0.2, 0.25) is 0 Å². The maximum Gasteiger partial charge on any atom is 0.356 e. The van der Waals surface area contributed by atoms with Crippen molar-refractivity contribution in [2.75, 3.05) is 13.4 Å². The Morgan fingerprint density at radius 3 is 2.30 bits per heavy atom. The van der Waals surface area contributed by atoms with Crippen LogP contribution in [0, 0.1) is 0 Å². The first-order valence-electron chi connectivity index (χ1n) is 11.6. The zero-order valence-corrected chi connectivity index (χ0v) is 21.4. The summed E-state index contributed by atoms with van der Waals surface area (Å²) >= 11 is 1.27. The van der Waals surface area contributed by atoms with Crippen LogP contribution < -0.4 is 10.1 Å². The van der Waals surface area contributed by atoms with Gasteiger partial charge in [0.25, 0.3) is 5.91 Å². The first-order chi connectivity index (χ1) is 18.1. The Morgan fingerprint density at radius 1 is 0.919 bits per heavy atom. The fourth-order valence-electron chi connectivity index (χ4n) is 3.69. The van der Waals surface area contributed by atoms with Gasteiger partial charge in [0.2, 0.25) is 0 Å². The van der Waals surface area contributed by atoms with Crippen LogP contribution in [0.3, 0.4) is 0 Å². The predicted molar refractivity (Wildman–Crippen MR) is 147 cm³/mol. The van der Waals surface area contributed by atoms with E-state index in [1.165, 1.54) is 18.9 Å². The van der Waals surface area contributed by atoms with Gasteiger partial charge in [-0.25, -0.2) is 9.79 Å². The molecule has 0 atom stereocenters. The second kappa shape index (κ2) is 12.6. The summed E-state index contributed by atoms with van der Waals surface area (Å²) < 4.78 is 11.1. The second-order valence-electron chi connectivity index (χ2n) is 8.03. The number of carbonyl (C=O) groups excluding carboxylic acids is 2. The Balaban J connectivity index is 1.62. The number of H-pyrrole nitrogens is 1. The van der Waals surface area contributed by atoms with E-state index in [0.717, 1.165) is 22.4 Å². The topological polar surface area (TPSA) is 92.8 Å². The average Bonchev–Trinajstić information content (AvgIpc) is 3.34. The summed E-state index contributed by atoms with van der Waals surface area (Å²) in [6.07, 6.45) is 3.99. The molecule has 0 fully saturated rings. The summed E-state index contributed by atoms with van der Waals surface area (Å²) in [4.78, 5) is 32.9. The molecule has 1 amide bonds. The van der Waals surface area contributed by atoms with Crippen molar-refractivity contribution >= 4 is 34.5 Å². The number of amides is 1. The largest absolute Gasteiger partial charge is 0.489 e. The summed E-state index contributed by atoms with van der Waals surface area (Å²) in [7, 11) is 1.32. The maximum atomic E-state index is 12.7. The molecule has 0 aliphatic rings. The number of benzene rings is 3. The Bertz CT molecular complexity index is 1380. The maximum absolute atomic E-state index is 12.7. The molecule has 0 radical (unpaired) electrons. The van der Waals surface area contributed by atoms with E-state index in [4.69, 9.17) is 9.47 Å². The van der Waals surface area contributed by atoms with Crippen LogP contribution in [0.15, 0.2) is 96.1 Å². The number of thioether (sulfide) groups is 1. The van der Waals surface area contributed by atoms with Crippen molar-refractivity contribution in [2.45, 2.75) is 13.0 Å². The molecule has 188 valence electrons. The molecule has 0 unspecified atom stereocenters. The smallest absolute Gasteiger partial charge is 0.356 e. The highest BCUT2D eigenvalue weighted by Crippen LogP contribution is 2.31. The van der Waals surface area contributed by atoms with Crippen molar-refractivity contribution in [3.8, 4) is 5.75 Å². The van der Waals surface area contributed by atoms with E-state index < -0.39 is 5.97 Å². The monoisotopic (exact) mass is 513 g/mol. The van der Waals surface area contributed by atoms with Crippen LogP contribution >= 0.6 is 11.8 Å². The summed E-state index contributed by atoms with van der Waals surface area (Å²) in [5, 5.41) is 3.18. The van der Waals surface area contributed by atoms with Gasteiger partial charge in [-0.05, 0) is 35.6 Å². The van der Waals surface area contributed by atoms with Gasteiger partial charge in [-0.3, -0.25) is 4.79 Å². The number of hydrogen-bond donors (Lipinski definition) is 2. The molecule has 0 aliphatic carbocycles. The van der Waals surface area contributed by atoms with Gasteiger partial charge in [-0.2, -0.15) is 0 Å². The molecular formula is C29H27N3O4S. The number of aromatic amines is 1. The molecule has 4 aromatic rings. The SMILES string of the molecule is COC(=O)c1[nH]cc(Cc2ccccc2OCc2ccccc2)c1N=C(NC(=O)c1ccccc1)SC. The van der Waals surface area contributed by atoms with Crippen LogP contribution in [-0.2, 0) is 17.8 Å². The number of esters is 1. The lowest BCUT2D eigenvalue weighted by Crippen LogP contribution is -2.28. The molecular weight excluding hydrogens is 486 g/mol. The number of para-hydroxylation sites is 1. The lowest BCUT2D eigenvalue weighted by Gasteiger charge is -2.12. The van der Waals surface area contributed by atoms with E-state index in [1.807, 2.05) is 60.7 Å². The minimum Gasteiger partial charge on any atom is -0.489 e. The minimum absolute atomic E-state index is 0.209. The highest BCUT2D eigenvalue weighted by molar-refractivity contribution is 8.13. The first-order valence-corrected chi connectivity index (χ1v) is 12.8. The number of aliphatic imine (C=N–C) groups is 1. The van der Waals surface area contributed by atoms with Gasteiger partial charge in [-0.15, -0.1) is 0 Å². The zero-order valence-electron chi connectivity index (χ0n) is 20.6. The van der Waals surface area contributed by atoms with Crippen LogP contribution in [0.4, 0.5) is 5.69 Å². The molecule has 0 bridgehead atoms. The van der Waals surface area contributed by atoms with Gasteiger partial charge < -0.3 is 19.8 Å². The number of amidine groups is 1. The molecule has 37 heavy (non-hydrogen) atoms. The molecule has 0 aliphatic heterocycles. The molecule has 8 heteroatoms. The quantitative estimate of drug-likeness (QED) is 0.178. The summed E-state index contributed by atoms with van der Waals surface area (Å²) in [5.41, 5.74) is 3.89. The number of hydrogen-bond acceptors (Lipinski definition) is 6. The molecule has 0 spiro atoms. The third-order valence-corrected chi connectivity index (χ3v) is 6.16. The fraction of sp³-hybridized carbons (Fsp3) is 0.138. The van der Waals surface area contributed by atoms with Crippen molar-refractivity contribution in [3.63, 3.8) is 0 Å². The van der Waals surface area contributed by atoms with Gasteiger partial charge in [0.05, 0.1) is 7.11 Å². The van der Waals surface area contributed by atoms with E-state index in [-0.39, 0.29) is 11.6 Å². The second-order valence-corrected chi connectivity index (χ2v) is 8.82. The van der Waals surface area contributed by atoms with E-state index >= 15 is 0 Å². The van der Waals surface area contributed by atoms with Crippen molar-refractivity contribution in [1.29, 1.82) is 0 Å². The summed E-state index contributed by atoms with van der Waals surface area (Å²) in [5.74, 6) is -0.0944. The molecule has 3 aromatic carbocycles. The Hall–Kier alpha value is -4.30. The number of methoxy groups -OCH3 is 1. The molecule has 2 N–H and O–H groups in total. The standard InChI is InChI=1S/C29H27N3O4S/c1-35-28(34)26-25(31-29(37-2)32-27(33)21-13-7-4-8-14-21)23(18-30-26)17-22-15-9-10-16-24(22)36-19-20-11-5-3-6-12-20/h3-16,18,30H,17,19H2,1-2H3,(H,31,32,33). The van der Waals surface area contributed by atoms with Gasteiger partial charge in [0.1, 0.15) is 18.0 Å². The lowest BCUT2D eigenvalue weighted by atomic mass is 10.0. The normalized spacial score (nSPS) is 11.1. The van der Waals surface area contributed by atoms with Crippen LogP contribution in [-0.4, -0.2) is 35.4 Å². The molecule has 7 nitrogen and oxygen atoms in total. The minimum atomic E-state index is -0.548. The summed E-state index contributed by atoms with van der Waals surface area (Å²) in [6, 6.07) is 26.6. The zero-order chi connectivity index (χ0) is 26.0. The Kier molecular flexibility index (Phi) is 8.78. The highest BCUT2D eigenvalue weighted by Gasteiger charge is 2.20. The lowest BCUT2D eigenvalue weighted by molar-refractivity contribution is 0.0595. The molecule has 1 heterocycles. The molecule has 4 rings (SSSR count). The average molecular weight is 514 g/mol. The van der Waals surface area contributed by atoms with Crippen LogP contribution in [0.25, 0.3) is 0 Å². The molecule has 1 aromatic heterocycles. The van der Waals surface area contributed by atoms with Gasteiger partial charge in [0, 0.05) is 23.7 Å². The number of nitrogens with zero attached hydrogens (tertiary/aromatic N) is 1. The van der Waals surface area contributed by atoms with Crippen molar-refractivity contribution < 1.29 is 19.1 Å². The van der Waals surface area contributed by atoms with Crippen molar-refractivity contribution in [3.05, 3.63) is 119 Å². The summed E-state index contributed by atoms with van der Waals surface area (Å²) in [6.45, 7) is 0.436. The number of rotatable bonds is 8. The number of carbonyl (C=O) groups is 2. The Labute approximate surface area is 219 Å². The number of ether oxygens (including phenoxy) is 2. The van der Waals surface area contributed by atoms with E-state index in [2.05, 4.69) is 15.3 Å². The third-order valence-electron chi connectivity index (χ3n) is 5.58. The van der Waals surface area contributed by atoms with E-state index in [9.17, 15) is 9.59 Å². The first kappa shape index (κ1) is 25.8. The van der Waals surface area contributed by atoms with Crippen molar-refractivity contribution in [2.24, 2.45) is 4.99 Å². The molecule has 0 saturated carbocycles. The Morgan fingerprint density at radius 2 is 1.59 bits per heavy atom. The van der Waals surface area contributed by atoms with Gasteiger partial charge >= 0.3 is 5.97 Å². The number of nitrogens with one attached hydrogen (secondary N) is 2. The van der Waals surface area contributed by atoms with Gasteiger partial charge in [-0.1, -0.05) is 78.5 Å². The number of aromatic nitrogens is 1. The van der Waals surface area contributed by atoms with Crippen molar-refractivity contribution in [1.82, 2.24) is 10.3 Å². The van der Waals surface area contributed by atoms with E-state index in [1.54, 1.807) is 36.7 Å². The van der Waals surface area contributed by atoms with Crippen LogP contribution in [0.1, 0.15) is 37.5 Å². The fourth-order valence-corrected chi connectivity index (χ4v) is 4.07. The molecule has 0 saturated heterocycles. The van der Waals surface area contributed by atoms with Gasteiger partial charge in [0.15, 0.2) is 10.9 Å². The highest BCUT2D eigenvalue weighted by atomic mass is 32.2. The van der Waals surface area contributed by atoms with E-state index in [0.29, 0.717) is 29.4 Å². The van der Waals surface area contributed by atoms with Crippen LogP contribution in [0.5, 0.6) is 5.75 Å². The predicted octanol–water partition coefficient (Wildman–Crippen LogP) is 5.75.